The van der Waals surface area contributed by atoms with Crippen LogP contribution in [0.3, 0.4) is 0 Å². The first-order valence-corrected chi connectivity index (χ1v) is 35.6. The number of likely N-dealkylation sites (N-methyl/N-ethyl adjacent to an activating group) is 2. The molecule has 5 heterocycles. The number of hydrogen-bond donors (Lipinski definition) is 7. The second-order valence-corrected chi connectivity index (χ2v) is 28.0. The van der Waals surface area contributed by atoms with E-state index in [-0.39, 0.29) is 68.1 Å². The molecule has 0 radical (unpaired) electrons. The highest BCUT2D eigenvalue weighted by Gasteiger charge is 2.28. The van der Waals surface area contributed by atoms with Gasteiger partial charge in [0.25, 0.3) is 0 Å². The summed E-state index contributed by atoms with van der Waals surface area (Å²) in [5.74, 6) is 2.00. The lowest BCUT2D eigenvalue weighted by Gasteiger charge is -2.34. The van der Waals surface area contributed by atoms with Crippen LogP contribution in [-0.2, 0) is 29.4 Å². The van der Waals surface area contributed by atoms with Crippen molar-refractivity contribution in [2.24, 2.45) is 11.5 Å². The molecule has 534 valence electrons. The van der Waals surface area contributed by atoms with Gasteiger partial charge in [0, 0.05) is 137 Å². The van der Waals surface area contributed by atoms with Crippen LogP contribution in [0.15, 0.2) is 103 Å². The molecular weight excluding hydrogens is 1260 g/mol. The van der Waals surface area contributed by atoms with Crippen molar-refractivity contribution in [3.8, 4) is 45.7 Å². The number of benzene rings is 5. The van der Waals surface area contributed by atoms with Gasteiger partial charge in [-0.25, -0.2) is 15.0 Å². The molecule has 0 saturated carbocycles. The summed E-state index contributed by atoms with van der Waals surface area (Å²) in [5.41, 5.74) is 24.9. The number of rotatable bonds is 33. The molecule has 2 aliphatic heterocycles. The van der Waals surface area contributed by atoms with Crippen LogP contribution >= 0.6 is 0 Å². The van der Waals surface area contributed by atoms with Gasteiger partial charge in [0.2, 0.25) is 29.5 Å². The first-order chi connectivity index (χ1) is 48.1. The van der Waals surface area contributed by atoms with Gasteiger partial charge in [-0.3, -0.25) is 24.0 Å². The fourth-order valence-electron chi connectivity index (χ4n) is 12.8. The Kier molecular flexibility index (Phi) is 24.8. The number of fused-ring (bicyclic) bond motifs is 3. The molecule has 3 aromatic heterocycles. The van der Waals surface area contributed by atoms with Gasteiger partial charge in [-0.1, -0.05) is 60.6 Å². The Hall–Kier alpha value is -9.68. The van der Waals surface area contributed by atoms with Crippen molar-refractivity contribution in [3.63, 3.8) is 0 Å². The van der Waals surface area contributed by atoms with Crippen LogP contribution in [0.25, 0.3) is 67.3 Å². The number of aromatic nitrogens is 6. The van der Waals surface area contributed by atoms with Gasteiger partial charge in [0.15, 0.2) is 0 Å². The Bertz CT molecular complexity index is 4150. The minimum atomic E-state index is -0.740. The van der Waals surface area contributed by atoms with E-state index in [1.165, 1.54) is 26.1 Å². The lowest BCUT2D eigenvalue weighted by atomic mass is 9.82. The van der Waals surface area contributed by atoms with Crippen LogP contribution in [0.1, 0.15) is 110 Å². The Morgan fingerprint density at radius 3 is 1.68 bits per heavy atom. The number of piperazine rings is 2. The molecule has 100 heavy (non-hydrogen) atoms. The molecule has 10 rings (SSSR count). The van der Waals surface area contributed by atoms with Crippen LogP contribution in [0, 0.1) is 0 Å². The summed E-state index contributed by atoms with van der Waals surface area (Å²) >= 11 is 0. The number of amides is 5. The molecule has 5 amide bonds. The van der Waals surface area contributed by atoms with Crippen LogP contribution in [-0.4, -0.2) is 216 Å². The van der Waals surface area contributed by atoms with Crippen LogP contribution in [0.2, 0.25) is 0 Å². The van der Waals surface area contributed by atoms with E-state index in [1.54, 1.807) is 6.20 Å². The molecule has 2 aliphatic rings. The number of nitrogens with two attached hydrogens (primary N) is 2. The third-order valence-electron chi connectivity index (χ3n) is 18.5. The normalized spacial score (nSPS) is 14.1. The monoisotopic (exact) mass is 1370 g/mol. The lowest BCUT2D eigenvalue weighted by molar-refractivity contribution is -0.144. The predicted octanol–water partition coefficient (Wildman–Crippen LogP) is 8.95. The van der Waals surface area contributed by atoms with Gasteiger partial charge < -0.3 is 80.8 Å². The first-order valence-electron chi connectivity index (χ1n) is 35.6. The number of primary amides is 1. The highest BCUT2D eigenvalue weighted by molar-refractivity contribution is 5.91. The van der Waals surface area contributed by atoms with E-state index in [0.717, 1.165) is 131 Å². The summed E-state index contributed by atoms with van der Waals surface area (Å²) in [6.07, 6.45) is 4.69. The number of imidazole rings is 3. The molecule has 2 saturated heterocycles. The molecule has 0 atom stereocenters. The summed E-state index contributed by atoms with van der Waals surface area (Å²) in [5, 5.41) is 6.13. The smallest absolute Gasteiger partial charge is 0.243 e. The third kappa shape index (κ3) is 19.4. The number of nitrogens with one attached hydrogen (secondary N) is 5. The molecule has 2 fully saturated rings. The number of carbonyl (C=O) groups excluding carboxylic acids is 5. The molecule has 0 aliphatic carbocycles. The Morgan fingerprint density at radius 2 is 1.11 bits per heavy atom. The zero-order chi connectivity index (χ0) is 71.0. The Balaban J connectivity index is 0.639. The number of anilines is 2. The van der Waals surface area contributed by atoms with E-state index in [1.807, 2.05) is 50.2 Å². The predicted molar refractivity (Wildman–Crippen MR) is 397 cm³/mol. The van der Waals surface area contributed by atoms with Crippen molar-refractivity contribution in [3.05, 3.63) is 114 Å². The molecule has 8 aromatic rings. The van der Waals surface area contributed by atoms with Gasteiger partial charge in [0.05, 0.1) is 72.5 Å². The Labute approximate surface area is 587 Å². The number of ether oxygens (including phenoxy) is 2. The summed E-state index contributed by atoms with van der Waals surface area (Å²) in [7, 11) is 4.33. The average Bonchev–Trinajstić information content (AvgIpc) is 1.43. The molecule has 24 nitrogen and oxygen atoms in total. The maximum Gasteiger partial charge on any atom is 0.243 e. The van der Waals surface area contributed by atoms with Crippen LogP contribution in [0.5, 0.6) is 11.5 Å². The number of hydrogen-bond acceptors (Lipinski definition) is 16. The molecular formula is C76H103N17O7. The number of H-pyrrole nitrogens is 3. The first kappa shape index (κ1) is 73.0. The van der Waals surface area contributed by atoms with E-state index < -0.39 is 24.3 Å². The SMILES string of the molecule is CCCN(CC(=O)N(CCC)CC(=O)N(CC(N)=O)C/C(N)=C/NCCCNC(=O)CCCOc1c(C(C)C)cc(-c2nc3ccc(N4CCN(C)CC4)cc3[nH]2)cc1C(C)(C)C)C(=O)CCCOc1cccc(-c2nc3ccc(-c4nc5ccc(N6CCN(C)CC6)cc5[nH]4)cc3[nH]2)c1. The molecule has 24 heteroatoms. The quantitative estimate of drug-likeness (QED) is 0.0189. The second kappa shape index (κ2) is 33.9. The fourth-order valence-corrected chi connectivity index (χ4v) is 12.8. The minimum absolute atomic E-state index is 0.0810. The van der Waals surface area contributed by atoms with Crippen molar-refractivity contribution in [1.29, 1.82) is 0 Å². The average molecular weight is 1370 g/mol. The molecule has 9 N–H and O–H groups in total. The largest absolute Gasteiger partial charge is 0.494 e. The van der Waals surface area contributed by atoms with Gasteiger partial charge in [0.1, 0.15) is 29.0 Å². The molecule has 0 unspecified atom stereocenters. The minimum Gasteiger partial charge on any atom is -0.494 e. The standard InChI is InChI=1S/C76H103N17O7/c1-10-28-91(69(96)19-14-38-99-58-17-12-16-52(40-58)73-81-61-23-20-53(43-64(61)84-73)74-82-62-24-21-56(44-65(62)85-74)89-34-30-87(8)31-35-89)49-70(97)92(29-11-2)50-71(98)93(48-67(78)94)47-55(77)46-79-26-15-27-80-68(95)18-13-39-100-72-59(51(3)4)41-54(42-60(72)76(5,6)7)75-83-63-25-22-57(45-66(63)86-75)90-36-32-88(9)33-37-90/h12,16-17,20-25,40-46,51,79H,10-11,13-15,18-19,26-39,47-50,77H2,1-9H3,(H2,78,94)(H,80,95)(H,81,84)(H,82,85)(H,83,86)/b55-46-. The Morgan fingerprint density at radius 1 is 0.580 bits per heavy atom. The number of carbonyl (C=O) groups is 5. The number of aromatic amines is 3. The van der Waals surface area contributed by atoms with Crippen LogP contribution < -0.4 is 41.4 Å². The highest BCUT2D eigenvalue weighted by atomic mass is 16.5. The maximum absolute atomic E-state index is 13.9. The molecule has 5 aromatic carbocycles. The number of nitrogens with zero attached hydrogens (tertiary/aromatic N) is 10. The van der Waals surface area contributed by atoms with E-state index in [2.05, 4.69) is 148 Å². The van der Waals surface area contributed by atoms with Crippen molar-refractivity contribution >= 4 is 74.0 Å². The van der Waals surface area contributed by atoms with E-state index in [9.17, 15) is 24.0 Å². The van der Waals surface area contributed by atoms with Gasteiger partial charge in [-0.05, 0) is 142 Å². The van der Waals surface area contributed by atoms with Gasteiger partial charge in [-0.2, -0.15) is 0 Å². The summed E-state index contributed by atoms with van der Waals surface area (Å²) in [6, 6.07) is 31.0. The summed E-state index contributed by atoms with van der Waals surface area (Å²) in [6.45, 7) is 23.9. The van der Waals surface area contributed by atoms with Crippen molar-refractivity contribution in [2.75, 3.05) is 142 Å². The van der Waals surface area contributed by atoms with Gasteiger partial charge >= 0.3 is 0 Å². The van der Waals surface area contributed by atoms with E-state index >= 15 is 0 Å². The zero-order valence-electron chi connectivity index (χ0n) is 60.0. The van der Waals surface area contributed by atoms with E-state index in [4.69, 9.17) is 35.9 Å². The zero-order valence-corrected chi connectivity index (χ0v) is 60.0. The van der Waals surface area contributed by atoms with Crippen molar-refractivity contribution < 1.29 is 33.4 Å². The third-order valence-corrected chi connectivity index (χ3v) is 18.5. The summed E-state index contributed by atoms with van der Waals surface area (Å²) in [4.78, 5) is 106. The van der Waals surface area contributed by atoms with Crippen LogP contribution in [0.4, 0.5) is 11.4 Å². The van der Waals surface area contributed by atoms with Crippen molar-refractivity contribution in [1.82, 2.24) is 65.0 Å². The summed E-state index contributed by atoms with van der Waals surface area (Å²) < 4.78 is 12.7. The maximum atomic E-state index is 13.9. The lowest BCUT2D eigenvalue weighted by Crippen LogP contribution is -2.49. The molecule has 0 bridgehead atoms. The van der Waals surface area contributed by atoms with E-state index in [0.29, 0.717) is 76.3 Å². The topological polar surface area (TPSA) is 289 Å². The van der Waals surface area contributed by atoms with Gasteiger partial charge in [-0.15, -0.1) is 0 Å². The fraction of sp³-hybridized carbons (Fsp3) is 0.474. The van der Waals surface area contributed by atoms with Crippen molar-refractivity contribution in [2.45, 2.75) is 105 Å². The molecule has 0 spiro atoms. The highest BCUT2D eigenvalue weighted by Crippen LogP contribution is 2.41. The second-order valence-electron chi connectivity index (χ2n) is 28.0.